The molecule has 0 aliphatic carbocycles. The largest absolute Gasteiger partial charge is 0.489 e. The first kappa shape index (κ1) is 15.9. The summed E-state index contributed by atoms with van der Waals surface area (Å²) in [4.78, 5) is 13.6. The van der Waals surface area contributed by atoms with E-state index >= 15 is 0 Å². The van der Waals surface area contributed by atoms with Crippen LogP contribution in [0.25, 0.3) is 0 Å². The van der Waals surface area contributed by atoms with Crippen molar-refractivity contribution in [3.63, 3.8) is 0 Å². The second kappa shape index (κ2) is 8.08. The van der Waals surface area contributed by atoms with Crippen LogP contribution in [0.1, 0.15) is 19.3 Å². The Morgan fingerprint density at radius 3 is 2.76 bits per heavy atom. The maximum Gasteiger partial charge on any atom is 0.317 e. The lowest BCUT2D eigenvalue weighted by atomic mass is 10.1. The molecule has 0 atom stereocenters. The number of hydrogen-bond donors (Lipinski definition) is 1. The smallest absolute Gasteiger partial charge is 0.317 e. The quantitative estimate of drug-likeness (QED) is 0.848. The summed E-state index contributed by atoms with van der Waals surface area (Å²) in [5, 5.41) is 3.31. The number of ether oxygens (including phenoxy) is 1. The summed E-state index contributed by atoms with van der Waals surface area (Å²) in [7, 11) is 0. The van der Waals surface area contributed by atoms with Crippen LogP contribution in [0.2, 0.25) is 5.02 Å². The lowest BCUT2D eigenvalue weighted by Gasteiger charge is -2.32. The number of likely N-dealkylation sites (tertiary alicyclic amines) is 1. The Labute approximate surface area is 129 Å². The van der Waals surface area contributed by atoms with Gasteiger partial charge in [-0.3, -0.25) is 4.39 Å². The summed E-state index contributed by atoms with van der Waals surface area (Å²) in [6.07, 6.45) is 1.96. The first-order valence-electron chi connectivity index (χ1n) is 7.20. The molecule has 6 heteroatoms. The Morgan fingerprint density at radius 1 is 1.38 bits per heavy atom. The van der Waals surface area contributed by atoms with Crippen LogP contribution in [-0.4, -0.2) is 43.3 Å². The van der Waals surface area contributed by atoms with Crippen LogP contribution in [0, 0.1) is 0 Å². The highest BCUT2D eigenvalue weighted by atomic mass is 35.5. The van der Waals surface area contributed by atoms with Gasteiger partial charge in [0, 0.05) is 32.5 Å². The van der Waals surface area contributed by atoms with Crippen LogP contribution in [-0.2, 0) is 0 Å². The van der Waals surface area contributed by atoms with E-state index < -0.39 is 6.67 Å². The molecule has 4 nitrogen and oxygen atoms in total. The molecule has 21 heavy (non-hydrogen) atoms. The number of carbonyl (C=O) groups is 1. The predicted octanol–water partition coefficient (Wildman–Crippen LogP) is 3.25. The second-order valence-electron chi connectivity index (χ2n) is 5.01. The molecule has 1 aliphatic heterocycles. The minimum Gasteiger partial charge on any atom is -0.489 e. The molecule has 0 unspecified atom stereocenters. The molecule has 1 heterocycles. The second-order valence-corrected chi connectivity index (χ2v) is 5.42. The van der Waals surface area contributed by atoms with Gasteiger partial charge in [0.05, 0.1) is 11.7 Å². The third-order valence-corrected chi connectivity index (χ3v) is 3.76. The van der Waals surface area contributed by atoms with Crippen LogP contribution in [0.5, 0.6) is 5.75 Å². The molecule has 2 amide bonds. The number of benzene rings is 1. The first-order chi connectivity index (χ1) is 10.2. The van der Waals surface area contributed by atoms with Crippen molar-refractivity contribution < 1.29 is 13.9 Å². The fourth-order valence-corrected chi connectivity index (χ4v) is 2.45. The molecule has 116 valence electrons. The molecule has 1 aromatic carbocycles. The highest BCUT2D eigenvalue weighted by Gasteiger charge is 2.24. The van der Waals surface area contributed by atoms with Gasteiger partial charge in [-0.2, -0.15) is 0 Å². The van der Waals surface area contributed by atoms with Gasteiger partial charge in [-0.25, -0.2) is 4.79 Å². The summed E-state index contributed by atoms with van der Waals surface area (Å²) in [6.45, 7) is 1.24. The van der Waals surface area contributed by atoms with Gasteiger partial charge in [-0.1, -0.05) is 23.7 Å². The van der Waals surface area contributed by atoms with Crippen molar-refractivity contribution in [3.8, 4) is 5.75 Å². The average molecular weight is 315 g/mol. The van der Waals surface area contributed by atoms with Crippen LogP contribution >= 0.6 is 11.6 Å². The van der Waals surface area contributed by atoms with Gasteiger partial charge in [0.1, 0.15) is 11.9 Å². The normalized spacial score (nSPS) is 15.8. The molecule has 0 bridgehead atoms. The van der Waals surface area contributed by atoms with Gasteiger partial charge in [0.15, 0.2) is 0 Å². The standard InChI is InChI=1S/C15H20ClFN2O2/c16-13-4-1-2-5-14(13)21-12-6-10-19(11-7-12)15(20)18-9-3-8-17/h1-2,4-5,12H,3,6-11H2,(H,18,20). The highest BCUT2D eigenvalue weighted by molar-refractivity contribution is 6.32. The van der Waals surface area contributed by atoms with E-state index in [-0.39, 0.29) is 12.1 Å². The summed E-state index contributed by atoms with van der Waals surface area (Å²) in [6, 6.07) is 7.26. The molecule has 1 fully saturated rings. The maximum atomic E-state index is 12.0. The van der Waals surface area contributed by atoms with Gasteiger partial charge in [0.2, 0.25) is 0 Å². The molecule has 1 N–H and O–H groups in total. The van der Waals surface area contributed by atoms with E-state index in [9.17, 15) is 9.18 Å². The minimum atomic E-state index is -0.409. The number of carbonyl (C=O) groups excluding carboxylic acids is 1. The Kier molecular flexibility index (Phi) is 6.11. The predicted molar refractivity (Wildman–Crippen MR) is 80.7 cm³/mol. The van der Waals surface area contributed by atoms with Crippen LogP contribution in [0.15, 0.2) is 24.3 Å². The van der Waals surface area contributed by atoms with Crippen LogP contribution in [0.3, 0.4) is 0 Å². The number of alkyl halides is 1. The molecule has 1 aliphatic rings. The van der Waals surface area contributed by atoms with E-state index in [1.807, 2.05) is 18.2 Å². The van der Waals surface area contributed by atoms with E-state index in [1.54, 1.807) is 11.0 Å². The Morgan fingerprint density at radius 2 is 2.10 bits per heavy atom. The molecular weight excluding hydrogens is 295 g/mol. The molecule has 1 aromatic rings. The Hall–Kier alpha value is -1.49. The monoisotopic (exact) mass is 314 g/mol. The maximum absolute atomic E-state index is 12.0. The van der Waals surface area contributed by atoms with Crippen LogP contribution in [0.4, 0.5) is 9.18 Å². The van der Waals surface area contributed by atoms with Crippen molar-refractivity contribution in [3.05, 3.63) is 29.3 Å². The number of urea groups is 1. The van der Waals surface area contributed by atoms with Crippen molar-refractivity contribution in [1.29, 1.82) is 0 Å². The van der Waals surface area contributed by atoms with E-state index in [4.69, 9.17) is 16.3 Å². The lowest BCUT2D eigenvalue weighted by molar-refractivity contribution is 0.111. The SMILES string of the molecule is O=C(NCCCF)N1CCC(Oc2ccccc2Cl)CC1. The number of halogens is 2. The molecule has 0 saturated carbocycles. The molecule has 0 spiro atoms. The Balaban J connectivity index is 1.75. The minimum absolute atomic E-state index is 0.0693. The van der Waals surface area contributed by atoms with Crippen molar-refractivity contribution in [2.45, 2.75) is 25.4 Å². The van der Waals surface area contributed by atoms with Crippen molar-refractivity contribution >= 4 is 17.6 Å². The number of para-hydroxylation sites is 1. The van der Waals surface area contributed by atoms with E-state index in [1.165, 1.54) is 0 Å². The number of rotatable bonds is 5. The van der Waals surface area contributed by atoms with Gasteiger partial charge in [-0.05, 0) is 18.6 Å². The zero-order chi connectivity index (χ0) is 15.1. The van der Waals surface area contributed by atoms with E-state index in [0.29, 0.717) is 36.8 Å². The summed E-state index contributed by atoms with van der Waals surface area (Å²) < 4.78 is 17.9. The van der Waals surface area contributed by atoms with Crippen molar-refractivity contribution in [2.75, 3.05) is 26.3 Å². The number of nitrogens with one attached hydrogen (secondary N) is 1. The van der Waals surface area contributed by atoms with Gasteiger partial charge in [-0.15, -0.1) is 0 Å². The van der Waals surface area contributed by atoms with Gasteiger partial charge < -0.3 is 15.0 Å². The number of nitrogens with zero attached hydrogens (tertiary/aromatic N) is 1. The topological polar surface area (TPSA) is 41.6 Å². The third-order valence-electron chi connectivity index (χ3n) is 3.45. The van der Waals surface area contributed by atoms with Crippen LogP contribution < -0.4 is 10.1 Å². The van der Waals surface area contributed by atoms with Crippen molar-refractivity contribution in [2.24, 2.45) is 0 Å². The van der Waals surface area contributed by atoms with Gasteiger partial charge >= 0.3 is 6.03 Å². The zero-order valence-corrected chi connectivity index (χ0v) is 12.6. The third kappa shape index (κ3) is 4.77. The summed E-state index contributed by atoms with van der Waals surface area (Å²) in [5.74, 6) is 0.685. The fraction of sp³-hybridized carbons (Fsp3) is 0.533. The highest BCUT2D eigenvalue weighted by Crippen LogP contribution is 2.26. The van der Waals surface area contributed by atoms with Crippen molar-refractivity contribution in [1.82, 2.24) is 10.2 Å². The van der Waals surface area contributed by atoms with Gasteiger partial charge in [0.25, 0.3) is 0 Å². The number of amides is 2. The first-order valence-corrected chi connectivity index (χ1v) is 7.58. The zero-order valence-electron chi connectivity index (χ0n) is 11.9. The van der Waals surface area contributed by atoms with E-state index in [0.717, 1.165) is 12.8 Å². The average Bonchev–Trinajstić information content (AvgIpc) is 2.50. The molecular formula is C15H20ClFN2O2. The number of hydrogen-bond acceptors (Lipinski definition) is 2. The van der Waals surface area contributed by atoms with E-state index in [2.05, 4.69) is 5.32 Å². The lowest BCUT2D eigenvalue weighted by Crippen LogP contribution is -2.46. The Bertz CT molecular complexity index is 465. The molecule has 1 saturated heterocycles. The summed E-state index contributed by atoms with van der Waals surface area (Å²) >= 11 is 6.06. The fourth-order valence-electron chi connectivity index (χ4n) is 2.27. The molecule has 2 rings (SSSR count). The summed E-state index contributed by atoms with van der Waals surface area (Å²) in [5.41, 5.74) is 0. The number of piperidine rings is 1. The molecule has 0 aromatic heterocycles. The molecule has 0 radical (unpaired) electrons.